The molecular formula is C14H11Br2NO3S. The third-order valence-corrected chi connectivity index (χ3v) is 6.28. The lowest BCUT2D eigenvalue weighted by Gasteiger charge is -2.10. The summed E-state index contributed by atoms with van der Waals surface area (Å²) < 4.78 is 1.64. The van der Waals surface area contributed by atoms with Crippen molar-refractivity contribution in [3.05, 3.63) is 48.0 Å². The van der Waals surface area contributed by atoms with Gasteiger partial charge in [-0.05, 0) is 75.0 Å². The number of aromatic carboxylic acids is 1. The summed E-state index contributed by atoms with van der Waals surface area (Å²) in [6.07, 6.45) is 0. The van der Waals surface area contributed by atoms with E-state index in [1.807, 2.05) is 6.92 Å². The number of thiophene rings is 1. The van der Waals surface area contributed by atoms with Crippen LogP contribution in [0.3, 0.4) is 0 Å². The molecule has 7 heteroatoms. The van der Waals surface area contributed by atoms with Gasteiger partial charge in [0, 0.05) is 10.2 Å². The molecule has 0 unspecified atom stereocenters. The van der Waals surface area contributed by atoms with Gasteiger partial charge in [0.1, 0.15) is 0 Å². The number of carbonyl (C=O) groups is 2. The van der Waals surface area contributed by atoms with Crippen LogP contribution in [-0.2, 0) is 0 Å². The topological polar surface area (TPSA) is 66.4 Å². The zero-order valence-corrected chi connectivity index (χ0v) is 15.1. The number of carboxylic acid groups (broad SMARTS) is 1. The number of hydrogen-bond acceptors (Lipinski definition) is 3. The number of carbonyl (C=O) groups excluding carboxylic acids is 1. The summed E-state index contributed by atoms with van der Waals surface area (Å²) in [4.78, 5) is 23.9. The number of hydrogen-bond donors (Lipinski definition) is 2. The maximum absolute atomic E-state index is 12.2. The van der Waals surface area contributed by atoms with Crippen LogP contribution in [0, 0.1) is 13.8 Å². The lowest BCUT2D eigenvalue weighted by Crippen LogP contribution is -2.12. The van der Waals surface area contributed by atoms with Gasteiger partial charge in [-0.1, -0.05) is 0 Å². The van der Waals surface area contributed by atoms with Gasteiger partial charge in [-0.3, -0.25) is 4.79 Å². The van der Waals surface area contributed by atoms with Crippen LogP contribution in [0.4, 0.5) is 5.69 Å². The molecule has 0 saturated carbocycles. The number of nitrogens with one attached hydrogen (secondary N) is 1. The maximum Gasteiger partial charge on any atom is 0.336 e. The summed E-state index contributed by atoms with van der Waals surface area (Å²) in [5.41, 5.74) is 2.18. The molecule has 0 bridgehead atoms. The minimum atomic E-state index is -1.01. The van der Waals surface area contributed by atoms with Crippen LogP contribution < -0.4 is 5.32 Å². The molecule has 0 fully saturated rings. The first kappa shape index (κ1) is 16.2. The highest BCUT2D eigenvalue weighted by molar-refractivity contribution is 9.13. The van der Waals surface area contributed by atoms with E-state index in [0.717, 1.165) is 13.8 Å². The minimum absolute atomic E-state index is 0.193. The fraction of sp³-hybridized carbons (Fsp3) is 0.143. The van der Waals surface area contributed by atoms with Crippen LogP contribution in [0.5, 0.6) is 0 Å². The van der Waals surface area contributed by atoms with Gasteiger partial charge in [-0.25, -0.2) is 4.79 Å². The average molecular weight is 433 g/mol. The summed E-state index contributed by atoms with van der Waals surface area (Å²) in [5, 5.41) is 11.9. The van der Waals surface area contributed by atoms with Gasteiger partial charge < -0.3 is 10.4 Å². The molecule has 1 heterocycles. The average Bonchev–Trinajstić information content (AvgIpc) is 2.73. The fourth-order valence-electron chi connectivity index (χ4n) is 1.80. The molecule has 0 aliphatic rings. The number of rotatable bonds is 3. The van der Waals surface area contributed by atoms with E-state index in [1.54, 1.807) is 19.1 Å². The number of amides is 1. The Labute approximate surface area is 142 Å². The van der Waals surface area contributed by atoms with Gasteiger partial charge in [0.2, 0.25) is 0 Å². The summed E-state index contributed by atoms with van der Waals surface area (Å²) >= 11 is 7.96. The van der Waals surface area contributed by atoms with Gasteiger partial charge in [-0.15, -0.1) is 11.3 Å². The standard InChI is InChI=1S/C14H11Br2NO3S/c1-6-3-8(4-9(7(6)2)14(19)20)17-13(18)11-5-10(15)12(16)21-11/h3-5H,1-2H3,(H,17,18)(H,19,20). The number of carboxylic acids is 1. The van der Waals surface area contributed by atoms with Crippen LogP contribution in [0.25, 0.3) is 0 Å². The van der Waals surface area contributed by atoms with Crippen molar-refractivity contribution in [2.75, 3.05) is 5.32 Å². The zero-order chi connectivity index (χ0) is 15.7. The van der Waals surface area contributed by atoms with Crippen LogP contribution in [0.15, 0.2) is 26.5 Å². The fourth-order valence-corrected chi connectivity index (χ4v) is 3.74. The van der Waals surface area contributed by atoms with Gasteiger partial charge >= 0.3 is 5.97 Å². The van der Waals surface area contributed by atoms with E-state index in [0.29, 0.717) is 16.1 Å². The predicted octanol–water partition coefficient (Wildman–Crippen LogP) is 4.84. The minimum Gasteiger partial charge on any atom is -0.478 e. The second-order valence-electron chi connectivity index (χ2n) is 4.46. The first-order valence-electron chi connectivity index (χ1n) is 5.90. The van der Waals surface area contributed by atoms with E-state index in [4.69, 9.17) is 0 Å². The molecule has 1 amide bonds. The second kappa shape index (κ2) is 6.29. The van der Waals surface area contributed by atoms with Crippen molar-refractivity contribution in [1.82, 2.24) is 0 Å². The number of halogens is 2. The van der Waals surface area contributed by atoms with Crippen LogP contribution in [0.2, 0.25) is 0 Å². The maximum atomic E-state index is 12.2. The molecule has 2 N–H and O–H groups in total. The van der Waals surface area contributed by atoms with Crippen molar-refractivity contribution in [1.29, 1.82) is 0 Å². The van der Waals surface area contributed by atoms with Crippen molar-refractivity contribution >= 4 is 60.8 Å². The molecule has 0 saturated heterocycles. The van der Waals surface area contributed by atoms with E-state index in [1.165, 1.54) is 17.4 Å². The summed E-state index contributed by atoms with van der Waals surface area (Å²) in [5.74, 6) is -1.28. The van der Waals surface area contributed by atoms with Gasteiger partial charge in [-0.2, -0.15) is 0 Å². The Morgan fingerprint density at radius 1 is 1.19 bits per heavy atom. The Morgan fingerprint density at radius 2 is 1.86 bits per heavy atom. The van der Waals surface area contributed by atoms with Crippen molar-refractivity contribution < 1.29 is 14.7 Å². The number of benzene rings is 1. The van der Waals surface area contributed by atoms with Crippen LogP contribution in [-0.4, -0.2) is 17.0 Å². The van der Waals surface area contributed by atoms with Crippen LogP contribution >= 0.6 is 43.2 Å². The molecule has 0 aliphatic carbocycles. The summed E-state index contributed by atoms with van der Waals surface area (Å²) in [7, 11) is 0. The number of anilines is 1. The number of aryl methyl sites for hydroxylation is 1. The second-order valence-corrected chi connectivity index (χ2v) is 7.68. The molecule has 0 aliphatic heterocycles. The highest BCUT2D eigenvalue weighted by atomic mass is 79.9. The molecule has 0 atom stereocenters. The summed E-state index contributed by atoms with van der Waals surface area (Å²) in [6, 6.07) is 4.95. The largest absolute Gasteiger partial charge is 0.478 e. The molecule has 110 valence electrons. The molecule has 2 rings (SSSR count). The third-order valence-electron chi connectivity index (χ3n) is 3.02. The molecule has 2 aromatic rings. The molecule has 1 aromatic carbocycles. The van der Waals surface area contributed by atoms with E-state index in [-0.39, 0.29) is 11.5 Å². The Bertz CT molecular complexity index is 721. The molecule has 1 aromatic heterocycles. The first-order valence-corrected chi connectivity index (χ1v) is 8.30. The Balaban J connectivity index is 2.31. The molecule has 4 nitrogen and oxygen atoms in total. The van der Waals surface area contributed by atoms with E-state index in [2.05, 4.69) is 37.2 Å². The molecule has 0 radical (unpaired) electrons. The Morgan fingerprint density at radius 3 is 2.38 bits per heavy atom. The highest BCUT2D eigenvalue weighted by Gasteiger charge is 2.15. The molecule has 0 spiro atoms. The van der Waals surface area contributed by atoms with Crippen molar-refractivity contribution in [2.45, 2.75) is 13.8 Å². The van der Waals surface area contributed by atoms with Crippen molar-refractivity contribution in [3.63, 3.8) is 0 Å². The van der Waals surface area contributed by atoms with E-state index < -0.39 is 5.97 Å². The SMILES string of the molecule is Cc1cc(NC(=O)c2cc(Br)c(Br)s2)cc(C(=O)O)c1C. The van der Waals surface area contributed by atoms with E-state index in [9.17, 15) is 14.7 Å². The Hall–Kier alpha value is -1.18. The monoisotopic (exact) mass is 431 g/mol. The van der Waals surface area contributed by atoms with Gasteiger partial charge in [0.05, 0.1) is 14.2 Å². The Kier molecular flexibility index (Phi) is 4.85. The van der Waals surface area contributed by atoms with Crippen molar-refractivity contribution in [3.8, 4) is 0 Å². The van der Waals surface area contributed by atoms with Gasteiger partial charge in [0.25, 0.3) is 5.91 Å². The smallest absolute Gasteiger partial charge is 0.336 e. The zero-order valence-electron chi connectivity index (χ0n) is 11.2. The first-order chi connectivity index (χ1) is 9.79. The molecule has 21 heavy (non-hydrogen) atoms. The van der Waals surface area contributed by atoms with Gasteiger partial charge in [0.15, 0.2) is 0 Å². The molecular weight excluding hydrogens is 422 g/mol. The normalized spacial score (nSPS) is 10.5. The van der Waals surface area contributed by atoms with Crippen LogP contribution in [0.1, 0.15) is 31.2 Å². The van der Waals surface area contributed by atoms with Crippen molar-refractivity contribution in [2.24, 2.45) is 0 Å². The summed E-state index contributed by atoms with van der Waals surface area (Å²) in [6.45, 7) is 3.56. The lowest BCUT2D eigenvalue weighted by atomic mass is 10.0. The highest BCUT2D eigenvalue weighted by Crippen LogP contribution is 2.33. The lowest BCUT2D eigenvalue weighted by molar-refractivity contribution is 0.0695. The predicted molar refractivity (Wildman–Crippen MR) is 90.5 cm³/mol. The quantitative estimate of drug-likeness (QED) is 0.729. The van der Waals surface area contributed by atoms with E-state index >= 15 is 0 Å². The third kappa shape index (κ3) is 3.53.